The average molecular weight is 428 g/mol. The maximum Gasteiger partial charge on any atom is 0.295 e. The summed E-state index contributed by atoms with van der Waals surface area (Å²) in [5.74, 6) is -1.34. The van der Waals surface area contributed by atoms with Crippen LogP contribution < -0.4 is 0 Å². The predicted molar refractivity (Wildman–Crippen MR) is 125 cm³/mol. The molecule has 1 saturated heterocycles. The van der Waals surface area contributed by atoms with Gasteiger partial charge in [-0.25, -0.2) is 0 Å². The number of hydrogen-bond acceptors (Lipinski definition) is 3. The van der Waals surface area contributed by atoms with Gasteiger partial charge in [0.15, 0.2) is 0 Å². The van der Waals surface area contributed by atoms with E-state index in [1.165, 1.54) is 0 Å². The van der Waals surface area contributed by atoms with Gasteiger partial charge in [0, 0.05) is 58.9 Å². The number of benzene rings is 2. The lowest BCUT2D eigenvalue weighted by Crippen LogP contribution is -2.30. The van der Waals surface area contributed by atoms with Crippen molar-refractivity contribution < 1.29 is 14.7 Å². The Morgan fingerprint density at radius 1 is 1.06 bits per heavy atom. The number of carbonyl (C=O) groups is 2. The number of rotatable bonds is 5. The van der Waals surface area contributed by atoms with Crippen LogP contribution in [0.25, 0.3) is 27.6 Å². The molecular weight excluding hydrogens is 402 g/mol. The van der Waals surface area contributed by atoms with Crippen LogP contribution in [0.15, 0.2) is 66.5 Å². The molecule has 0 aliphatic carbocycles. The van der Waals surface area contributed by atoms with Crippen LogP contribution in [0.4, 0.5) is 0 Å². The number of amides is 1. The minimum absolute atomic E-state index is 0.141. The molecule has 0 saturated carbocycles. The third-order valence-electron chi connectivity index (χ3n) is 6.36. The fourth-order valence-electron chi connectivity index (χ4n) is 4.77. The minimum Gasteiger partial charge on any atom is -0.507 e. The second-order valence-corrected chi connectivity index (χ2v) is 8.31. The summed E-state index contributed by atoms with van der Waals surface area (Å²) in [5, 5.41) is 13.2. The highest BCUT2D eigenvalue weighted by Crippen LogP contribution is 2.43. The number of aromatic nitrogens is 2. The van der Waals surface area contributed by atoms with Crippen molar-refractivity contribution >= 4 is 39.3 Å². The van der Waals surface area contributed by atoms with E-state index in [1.54, 1.807) is 11.1 Å². The van der Waals surface area contributed by atoms with Crippen molar-refractivity contribution in [2.75, 3.05) is 6.54 Å². The molecule has 1 aliphatic heterocycles. The molecule has 2 N–H and O–H groups in total. The largest absolute Gasteiger partial charge is 0.507 e. The van der Waals surface area contributed by atoms with Gasteiger partial charge in [-0.05, 0) is 18.6 Å². The van der Waals surface area contributed by atoms with Gasteiger partial charge in [0.25, 0.3) is 11.7 Å². The summed E-state index contributed by atoms with van der Waals surface area (Å²) in [7, 11) is 1.95. The van der Waals surface area contributed by atoms with Crippen molar-refractivity contribution in [2.24, 2.45) is 7.05 Å². The standard InChI is InChI=1S/C26H25N3O3/c1-3-4-13-29-23(19-15-28(2)21-12-8-6-10-17(19)21)22(25(31)26(29)32)24(30)18-14-27-20-11-7-5-9-16(18)20/h5-12,14-15,23,27,30H,3-4,13H2,1-2H3/b24-22+. The number of likely N-dealkylation sites (tertiary alicyclic amines) is 1. The molecule has 1 atom stereocenters. The van der Waals surface area contributed by atoms with E-state index in [2.05, 4.69) is 11.9 Å². The van der Waals surface area contributed by atoms with Gasteiger partial charge in [-0.1, -0.05) is 49.7 Å². The van der Waals surface area contributed by atoms with Crippen LogP contribution >= 0.6 is 0 Å². The molecule has 1 unspecified atom stereocenters. The molecule has 1 amide bonds. The molecule has 1 aliphatic rings. The third kappa shape index (κ3) is 2.94. The maximum atomic E-state index is 13.3. The lowest BCUT2D eigenvalue weighted by atomic mass is 9.94. The van der Waals surface area contributed by atoms with Gasteiger partial charge in [-0.2, -0.15) is 0 Å². The molecule has 0 spiro atoms. The van der Waals surface area contributed by atoms with E-state index in [-0.39, 0.29) is 11.3 Å². The molecule has 0 bridgehead atoms. The first-order chi connectivity index (χ1) is 15.5. The zero-order valence-corrected chi connectivity index (χ0v) is 18.1. The van der Waals surface area contributed by atoms with E-state index < -0.39 is 17.7 Å². The number of carbonyl (C=O) groups excluding carboxylic acids is 2. The Morgan fingerprint density at radius 2 is 1.78 bits per heavy atom. The van der Waals surface area contributed by atoms with E-state index in [0.29, 0.717) is 12.1 Å². The van der Waals surface area contributed by atoms with Gasteiger partial charge < -0.3 is 19.6 Å². The van der Waals surface area contributed by atoms with Crippen LogP contribution in [-0.4, -0.2) is 37.8 Å². The highest BCUT2D eigenvalue weighted by atomic mass is 16.3. The van der Waals surface area contributed by atoms with Gasteiger partial charge in [0.1, 0.15) is 5.76 Å². The quantitative estimate of drug-likeness (QED) is 0.271. The number of aryl methyl sites for hydroxylation is 1. The number of H-pyrrole nitrogens is 1. The molecular formula is C26H25N3O3. The molecule has 162 valence electrons. The van der Waals surface area contributed by atoms with Crippen molar-refractivity contribution in [1.29, 1.82) is 0 Å². The Morgan fingerprint density at radius 3 is 2.56 bits per heavy atom. The number of hydrogen-bond donors (Lipinski definition) is 2. The number of aliphatic hydroxyl groups is 1. The number of unbranched alkanes of at least 4 members (excludes halogenated alkanes) is 1. The monoisotopic (exact) mass is 427 g/mol. The summed E-state index contributed by atoms with van der Waals surface area (Å²) in [6.07, 6.45) is 5.33. The highest BCUT2D eigenvalue weighted by Gasteiger charge is 2.46. The number of nitrogens with one attached hydrogen (secondary N) is 1. The van der Waals surface area contributed by atoms with E-state index in [4.69, 9.17) is 0 Å². The number of nitrogens with zero attached hydrogens (tertiary/aromatic N) is 2. The highest BCUT2D eigenvalue weighted by molar-refractivity contribution is 6.46. The Bertz CT molecular complexity index is 1390. The number of aliphatic hydroxyl groups excluding tert-OH is 1. The molecule has 2 aromatic heterocycles. The third-order valence-corrected chi connectivity index (χ3v) is 6.36. The van der Waals surface area contributed by atoms with E-state index in [9.17, 15) is 14.7 Å². The number of para-hydroxylation sites is 2. The smallest absolute Gasteiger partial charge is 0.295 e. The number of fused-ring (bicyclic) bond motifs is 2. The Labute approximate surface area is 185 Å². The second-order valence-electron chi connectivity index (χ2n) is 8.31. The van der Waals surface area contributed by atoms with E-state index >= 15 is 0 Å². The van der Waals surface area contributed by atoms with Crippen LogP contribution in [0, 0.1) is 0 Å². The van der Waals surface area contributed by atoms with Crippen molar-refractivity contribution in [1.82, 2.24) is 14.5 Å². The molecule has 6 heteroatoms. The molecule has 0 radical (unpaired) electrons. The van der Waals surface area contributed by atoms with Crippen LogP contribution in [0.5, 0.6) is 0 Å². The number of aromatic amines is 1. The van der Waals surface area contributed by atoms with Gasteiger partial charge in [0.05, 0.1) is 11.6 Å². The van der Waals surface area contributed by atoms with E-state index in [0.717, 1.165) is 40.2 Å². The zero-order chi connectivity index (χ0) is 22.4. The summed E-state index contributed by atoms with van der Waals surface area (Å²) in [6, 6.07) is 14.9. The molecule has 1 fully saturated rings. The van der Waals surface area contributed by atoms with Crippen LogP contribution in [0.1, 0.15) is 36.9 Å². The van der Waals surface area contributed by atoms with Crippen LogP contribution in [-0.2, 0) is 16.6 Å². The Hall–Kier alpha value is -3.80. The first kappa shape index (κ1) is 20.1. The predicted octanol–water partition coefficient (Wildman–Crippen LogP) is 4.88. The Kier molecular flexibility index (Phi) is 4.85. The zero-order valence-electron chi connectivity index (χ0n) is 18.1. The van der Waals surface area contributed by atoms with Crippen molar-refractivity contribution in [2.45, 2.75) is 25.8 Å². The molecule has 2 aromatic carbocycles. The lowest BCUT2D eigenvalue weighted by Gasteiger charge is -2.24. The first-order valence-corrected chi connectivity index (χ1v) is 10.9. The topological polar surface area (TPSA) is 78.3 Å². The Balaban J connectivity index is 1.76. The van der Waals surface area contributed by atoms with Crippen molar-refractivity contribution in [3.05, 3.63) is 77.6 Å². The van der Waals surface area contributed by atoms with Gasteiger partial charge >= 0.3 is 0 Å². The molecule has 5 rings (SSSR count). The molecule has 32 heavy (non-hydrogen) atoms. The minimum atomic E-state index is -0.638. The van der Waals surface area contributed by atoms with Crippen molar-refractivity contribution in [3.8, 4) is 0 Å². The molecule has 3 heterocycles. The summed E-state index contributed by atoms with van der Waals surface area (Å²) < 4.78 is 2.00. The van der Waals surface area contributed by atoms with Gasteiger partial charge in [-0.3, -0.25) is 9.59 Å². The summed E-state index contributed by atoms with van der Waals surface area (Å²) in [5.41, 5.74) is 3.39. The molecule has 6 nitrogen and oxygen atoms in total. The van der Waals surface area contributed by atoms with Gasteiger partial charge in [-0.15, -0.1) is 0 Å². The summed E-state index contributed by atoms with van der Waals surface area (Å²) >= 11 is 0. The number of Topliss-reactive ketones (excluding diaryl/α,β-unsaturated/α-hetero) is 1. The van der Waals surface area contributed by atoms with Gasteiger partial charge in [0.2, 0.25) is 0 Å². The fraction of sp³-hybridized carbons (Fsp3) is 0.231. The normalized spacial score (nSPS) is 18.3. The fourth-order valence-corrected chi connectivity index (χ4v) is 4.77. The van der Waals surface area contributed by atoms with Crippen molar-refractivity contribution in [3.63, 3.8) is 0 Å². The van der Waals surface area contributed by atoms with Crippen LogP contribution in [0.2, 0.25) is 0 Å². The number of ketones is 1. The van der Waals surface area contributed by atoms with E-state index in [1.807, 2.05) is 66.3 Å². The average Bonchev–Trinajstić information content (AvgIpc) is 3.45. The van der Waals surface area contributed by atoms with Crippen LogP contribution in [0.3, 0.4) is 0 Å². The summed E-state index contributed by atoms with van der Waals surface area (Å²) in [6.45, 7) is 2.51. The molecule has 4 aromatic rings. The maximum absolute atomic E-state index is 13.3. The second kappa shape index (κ2) is 7.71. The SMILES string of the molecule is CCCCN1C(=O)C(=O)/C(=C(/O)c2c[nH]c3ccccc23)C1c1cn(C)c2ccccc12. The first-order valence-electron chi connectivity index (χ1n) is 10.9. The summed E-state index contributed by atoms with van der Waals surface area (Å²) in [4.78, 5) is 31.1. The lowest BCUT2D eigenvalue weighted by molar-refractivity contribution is -0.139.